The van der Waals surface area contributed by atoms with Crippen LogP contribution in [0.1, 0.15) is 29.0 Å². The van der Waals surface area contributed by atoms with Gasteiger partial charge in [-0.05, 0) is 49.2 Å². The van der Waals surface area contributed by atoms with Crippen LogP contribution in [0.4, 0.5) is 5.69 Å². The van der Waals surface area contributed by atoms with E-state index in [1.165, 1.54) is 0 Å². The predicted octanol–water partition coefficient (Wildman–Crippen LogP) is 4.43. The zero-order chi connectivity index (χ0) is 18.1. The van der Waals surface area contributed by atoms with Crippen LogP contribution in [0.15, 0.2) is 52.9 Å². The summed E-state index contributed by atoms with van der Waals surface area (Å²) in [7, 11) is 0. The molecule has 2 aromatic carbocycles. The number of carbonyl (C=O) groups excluding carboxylic acids is 2. The maximum atomic E-state index is 12.9. The van der Waals surface area contributed by atoms with Gasteiger partial charge >= 0.3 is 0 Å². The molecule has 1 aromatic heterocycles. The Kier molecular flexibility index (Phi) is 4.49. The summed E-state index contributed by atoms with van der Waals surface area (Å²) in [5.74, 6) is -0.486. The molecular formula is C20H16ClNO4. The number of benzene rings is 2. The van der Waals surface area contributed by atoms with E-state index in [2.05, 4.69) is 5.32 Å². The first-order chi connectivity index (χ1) is 12.6. The average molecular weight is 370 g/mol. The summed E-state index contributed by atoms with van der Waals surface area (Å²) in [4.78, 5) is 25.4. The summed E-state index contributed by atoms with van der Waals surface area (Å²) < 4.78 is 11.2. The number of amides is 1. The van der Waals surface area contributed by atoms with Crippen LogP contribution in [0.3, 0.4) is 0 Å². The van der Waals surface area contributed by atoms with Gasteiger partial charge in [0, 0.05) is 22.6 Å². The van der Waals surface area contributed by atoms with E-state index < -0.39 is 6.10 Å². The highest BCUT2D eigenvalue weighted by atomic mass is 35.5. The number of nitrogens with one attached hydrogen (secondary N) is 1. The Morgan fingerprint density at radius 3 is 2.58 bits per heavy atom. The fourth-order valence-corrected chi connectivity index (χ4v) is 3.18. The minimum atomic E-state index is -0.498. The lowest BCUT2D eigenvalue weighted by Crippen LogP contribution is -2.27. The quantitative estimate of drug-likeness (QED) is 0.690. The summed E-state index contributed by atoms with van der Waals surface area (Å²) in [6, 6.07) is 13.7. The molecule has 132 valence electrons. The Bertz CT molecular complexity index is 971. The van der Waals surface area contributed by atoms with Crippen molar-refractivity contribution in [3.8, 4) is 0 Å². The summed E-state index contributed by atoms with van der Waals surface area (Å²) in [5, 5.41) is 4.05. The van der Waals surface area contributed by atoms with Crippen LogP contribution in [0.2, 0.25) is 5.02 Å². The molecule has 6 heteroatoms. The highest BCUT2D eigenvalue weighted by Gasteiger charge is 2.28. The van der Waals surface area contributed by atoms with Gasteiger partial charge in [0.25, 0.3) is 5.91 Å². The summed E-state index contributed by atoms with van der Waals surface area (Å²) in [6.07, 6.45) is 1.02. The number of hydrogen-bond donors (Lipinski definition) is 1. The van der Waals surface area contributed by atoms with E-state index in [1.54, 1.807) is 30.3 Å². The Morgan fingerprint density at radius 1 is 1.08 bits per heavy atom. The third-order valence-corrected chi connectivity index (χ3v) is 4.63. The molecule has 1 amide bonds. The fraction of sp³-hybridized carbons (Fsp3) is 0.200. The lowest BCUT2D eigenvalue weighted by molar-refractivity contribution is -0.124. The van der Waals surface area contributed by atoms with Crippen molar-refractivity contribution in [3.63, 3.8) is 0 Å². The molecule has 4 rings (SSSR count). The van der Waals surface area contributed by atoms with E-state index in [-0.39, 0.29) is 17.5 Å². The summed E-state index contributed by atoms with van der Waals surface area (Å²) >= 11 is 5.89. The highest BCUT2D eigenvalue weighted by Crippen LogP contribution is 2.33. The predicted molar refractivity (Wildman–Crippen MR) is 98.7 cm³/mol. The zero-order valence-electron chi connectivity index (χ0n) is 13.8. The van der Waals surface area contributed by atoms with E-state index >= 15 is 0 Å². The molecule has 1 unspecified atom stereocenters. The van der Waals surface area contributed by atoms with Crippen molar-refractivity contribution in [1.29, 1.82) is 0 Å². The number of para-hydroxylation sites is 1. The van der Waals surface area contributed by atoms with Crippen LogP contribution >= 0.6 is 11.6 Å². The number of fused-ring (bicyclic) bond motifs is 1. The number of ketones is 1. The maximum Gasteiger partial charge on any atom is 0.253 e. The Morgan fingerprint density at radius 2 is 1.85 bits per heavy atom. The molecule has 1 aliphatic heterocycles. The minimum Gasteiger partial charge on any atom is -0.450 e. The van der Waals surface area contributed by atoms with E-state index in [4.69, 9.17) is 20.8 Å². The second kappa shape index (κ2) is 6.94. The van der Waals surface area contributed by atoms with Crippen LogP contribution in [0.25, 0.3) is 11.0 Å². The fourth-order valence-electron chi connectivity index (χ4n) is 3.05. The third-order valence-electron chi connectivity index (χ3n) is 4.38. The van der Waals surface area contributed by atoms with Crippen molar-refractivity contribution in [2.75, 3.05) is 11.9 Å². The summed E-state index contributed by atoms with van der Waals surface area (Å²) in [6.45, 7) is 0.570. The lowest BCUT2D eigenvalue weighted by atomic mass is 10.1. The molecule has 26 heavy (non-hydrogen) atoms. The van der Waals surface area contributed by atoms with Gasteiger partial charge in [0.15, 0.2) is 5.76 Å². The molecule has 0 radical (unpaired) electrons. The second-order valence-electron chi connectivity index (χ2n) is 6.13. The van der Waals surface area contributed by atoms with E-state index in [0.29, 0.717) is 40.3 Å². The van der Waals surface area contributed by atoms with Crippen molar-refractivity contribution in [2.24, 2.45) is 0 Å². The Balaban J connectivity index is 1.74. The molecule has 1 saturated heterocycles. The molecule has 5 nitrogen and oxygen atoms in total. The van der Waals surface area contributed by atoms with Crippen LogP contribution in [-0.4, -0.2) is 24.4 Å². The molecule has 1 aliphatic rings. The van der Waals surface area contributed by atoms with Gasteiger partial charge in [-0.2, -0.15) is 0 Å². The zero-order valence-corrected chi connectivity index (χ0v) is 14.6. The second-order valence-corrected chi connectivity index (χ2v) is 6.57. The number of rotatable bonds is 4. The van der Waals surface area contributed by atoms with Gasteiger partial charge in [0.1, 0.15) is 11.7 Å². The Labute approximate surface area is 154 Å². The summed E-state index contributed by atoms with van der Waals surface area (Å²) in [5.41, 5.74) is 1.34. The maximum absolute atomic E-state index is 12.9. The van der Waals surface area contributed by atoms with Crippen molar-refractivity contribution in [2.45, 2.75) is 18.9 Å². The topological polar surface area (TPSA) is 68.5 Å². The molecular weight excluding hydrogens is 354 g/mol. The van der Waals surface area contributed by atoms with Crippen LogP contribution in [0, 0.1) is 0 Å². The van der Waals surface area contributed by atoms with Crippen molar-refractivity contribution in [3.05, 3.63) is 64.9 Å². The number of hydrogen-bond acceptors (Lipinski definition) is 4. The molecule has 1 N–H and O–H groups in total. The smallest absolute Gasteiger partial charge is 0.253 e. The first-order valence-electron chi connectivity index (χ1n) is 8.38. The number of furan rings is 1. The van der Waals surface area contributed by atoms with Gasteiger partial charge in [0.2, 0.25) is 5.78 Å². The van der Waals surface area contributed by atoms with Gasteiger partial charge in [-0.3, -0.25) is 9.59 Å². The number of carbonyl (C=O) groups is 2. The van der Waals surface area contributed by atoms with Gasteiger partial charge in [-0.25, -0.2) is 0 Å². The standard InChI is InChI=1S/C20H16ClNO4/c21-13-9-7-12(8-10-13)18(23)19-17(14-4-1-2-5-15(14)26-19)22-20(24)16-6-3-11-25-16/h1-2,4-5,7-10,16H,3,6,11H2,(H,22,24). The minimum absolute atomic E-state index is 0.0971. The van der Waals surface area contributed by atoms with Crippen molar-refractivity contribution >= 4 is 39.9 Å². The first-order valence-corrected chi connectivity index (χ1v) is 8.75. The van der Waals surface area contributed by atoms with E-state index in [0.717, 1.165) is 6.42 Å². The molecule has 3 aromatic rings. The highest BCUT2D eigenvalue weighted by molar-refractivity contribution is 6.30. The normalized spacial score (nSPS) is 16.7. The van der Waals surface area contributed by atoms with E-state index in [1.807, 2.05) is 18.2 Å². The molecule has 1 atom stereocenters. The third kappa shape index (κ3) is 3.11. The van der Waals surface area contributed by atoms with Gasteiger partial charge < -0.3 is 14.5 Å². The number of ether oxygens (including phenoxy) is 1. The SMILES string of the molecule is O=C(c1ccc(Cl)cc1)c1oc2ccccc2c1NC(=O)C1CCCO1. The average Bonchev–Trinajstić information content (AvgIpc) is 3.30. The van der Waals surface area contributed by atoms with Gasteiger partial charge in [-0.1, -0.05) is 23.7 Å². The largest absolute Gasteiger partial charge is 0.450 e. The van der Waals surface area contributed by atoms with Gasteiger partial charge in [0.05, 0.1) is 5.69 Å². The van der Waals surface area contributed by atoms with Gasteiger partial charge in [-0.15, -0.1) is 0 Å². The molecule has 0 bridgehead atoms. The molecule has 1 fully saturated rings. The monoisotopic (exact) mass is 369 g/mol. The van der Waals surface area contributed by atoms with Crippen LogP contribution < -0.4 is 5.32 Å². The lowest BCUT2D eigenvalue weighted by Gasteiger charge is -2.10. The van der Waals surface area contributed by atoms with Crippen molar-refractivity contribution < 1.29 is 18.7 Å². The first kappa shape index (κ1) is 16.8. The Hall–Kier alpha value is -2.63. The van der Waals surface area contributed by atoms with Crippen molar-refractivity contribution in [1.82, 2.24) is 0 Å². The van der Waals surface area contributed by atoms with E-state index in [9.17, 15) is 9.59 Å². The molecule has 2 heterocycles. The molecule has 0 spiro atoms. The van der Waals surface area contributed by atoms with Crippen LogP contribution in [0.5, 0.6) is 0 Å². The number of halogens is 1. The molecule has 0 saturated carbocycles. The molecule has 0 aliphatic carbocycles. The number of anilines is 1. The van der Waals surface area contributed by atoms with Crippen LogP contribution in [-0.2, 0) is 9.53 Å².